The van der Waals surface area contributed by atoms with Gasteiger partial charge in [0.1, 0.15) is 5.69 Å². The van der Waals surface area contributed by atoms with Crippen LogP contribution in [-0.4, -0.2) is 31.3 Å². The monoisotopic (exact) mass is 295 g/mol. The summed E-state index contributed by atoms with van der Waals surface area (Å²) >= 11 is 2.64. The third-order valence-electron chi connectivity index (χ3n) is 2.94. The van der Waals surface area contributed by atoms with Gasteiger partial charge in [-0.1, -0.05) is 11.8 Å². The number of amides is 1. The summed E-state index contributed by atoms with van der Waals surface area (Å²) in [4.78, 5) is 16.3. The van der Waals surface area contributed by atoms with Gasteiger partial charge in [-0.15, -0.1) is 0 Å². The zero-order chi connectivity index (χ0) is 13.4. The van der Waals surface area contributed by atoms with E-state index in [4.69, 9.17) is 0 Å². The van der Waals surface area contributed by atoms with Crippen molar-refractivity contribution in [2.45, 2.75) is 23.9 Å². The van der Waals surface area contributed by atoms with Crippen LogP contribution in [0.25, 0.3) is 0 Å². The van der Waals surface area contributed by atoms with Crippen LogP contribution < -0.4 is 5.32 Å². The fourth-order valence-corrected chi connectivity index (χ4v) is 2.91. The number of aromatic nitrogens is 4. The van der Waals surface area contributed by atoms with E-state index in [2.05, 4.69) is 19.8 Å². The number of nitrogens with one attached hydrogen (secondary N) is 1. The van der Waals surface area contributed by atoms with Gasteiger partial charge in [0.15, 0.2) is 0 Å². The summed E-state index contributed by atoms with van der Waals surface area (Å²) in [5, 5.41) is 8.32. The maximum atomic E-state index is 12.1. The molecule has 19 heavy (non-hydrogen) atoms. The summed E-state index contributed by atoms with van der Waals surface area (Å²) in [7, 11) is 1.79. The highest BCUT2D eigenvalue weighted by molar-refractivity contribution is 7.98. The largest absolute Gasteiger partial charge is 0.295 e. The molecule has 1 N–H and O–H groups in total. The number of nitrogens with zero attached hydrogens (tertiary/aromatic N) is 4. The average Bonchev–Trinajstić information content (AvgIpc) is 3.02. The Kier molecular flexibility index (Phi) is 3.28. The SMILES string of the molecule is CSc1nsc(NC(=O)c2cc(C3CC3)nn2C)n1. The van der Waals surface area contributed by atoms with E-state index >= 15 is 0 Å². The minimum absolute atomic E-state index is 0.189. The molecule has 1 saturated carbocycles. The number of hydrogen-bond donors (Lipinski definition) is 1. The molecular weight excluding hydrogens is 282 g/mol. The van der Waals surface area contributed by atoms with E-state index < -0.39 is 0 Å². The molecule has 1 fully saturated rings. The number of hydrogen-bond acceptors (Lipinski definition) is 6. The highest BCUT2D eigenvalue weighted by Crippen LogP contribution is 2.39. The van der Waals surface area contributed by atoms with Crippen molar-refractivity contribution in [1.29, 1.82) is 0 Å². The second-order valence-electron chi connectivity index (χ2n) is 4.39. The number of carbonyl (C=O) groups is 1. The van der Waals surface area contributed by atoms with Crippen LogP contribution >= 0.6 is 23.3 Å². The first-order chi connectivity index (χ1) is 9.17. The first-order valence-corrected chi connectivity index (χ1v) is 7.90. The Balaban J connectivity index is 1.75. The van der Waals surface area contributed by atoms with E-state index in [-0.39, 0.29) is 5.91 Å². The van der Waals surface area contributed by atoms with Crippen molar-refractivity contribution in [2.75, 3.05) is 11.6 Å². The maximum Gasteiger partial charge on any atom is 0.275 e. The summed E-state index contributed by atoms with van der Waals surface area (Å²) in [5.74, 6) is 0.350. The second-order valence-corrected chi connectivity index (χ2v) is 5.92. The molecule has 0 unspecified atom stereocenters. The lowest BCUT2D eigenvalue weighted by molar-refractivity contribution is 0.101. The predicted molar refractivity (Wildman–Crippen MR) is 74.8 cm³/mol. The van der Waals surface area contributed by atoms with E-state index in [1.165, 1.54) is 36.1 Å². The number of anilines is 1. The lowest BCUT2D eigenvalue weighted by Crippen LogP contribution is -2.15. The van der Waals surface area contributed by atoms with Gasteiger partial charge in [-0.3, -0.25) is 14.8 Å². The number of carbonyl (C=O) groups excluding carboxylic acids is 1. The van der Waals surface area contributed by atoms with Crippen LogP contribution in [0.1, 0.15) is 34.9 Å². The van der Waals surface area contributed by atoms with Gasteiger partial charge < -0.3 is 0 Å². The Morgan fingerprint density at radius 3 is 3.00 bits per heavy atom. The quantitative estimate of drug-likeness (QED) is 0.875. The second kappa shape index (κ2) is 4.93. The summed E-state index contributed by atoms with van der Waals surface area (Å²) < 4.78 is 5.73. The Labute approximate surface area is 118 Å². The summed E-state index contributed by atoms with van der Waals surface area (Å²) in [5.41, 5.74) is 1.57. The zero-order valence-corrected chi connectivity index (χ0v) is 12.2. The molecule has 0 radical (unpaired) electrons. The van der Waals surface area contributed by atoms with Gasteiger partial charge in [0.2, 0.25) is 10.3 Å². The van der Waals surface area contributed by atoms with Crippen LogP contribution in [0, 0.1) is 0 Å². The Morgan fingerprint density at radius 1 is 1.58 bits per heavy atom. The average molecular weight is 295 g/mol. The third-order valence-corrected chi connectivity index (χ3v) is 4.23. The lowest BCUT2D eigenvalue weighted by atomic mass is 10.2. The van der Waals surface area contributed by atoms with E-state index in [1.54, 1.807) is 11.7 Å². The molecule has 2 heterocycles. The smallest absolute Gasteiger partial charge is 0.275 e. The van der Waals surface area contributed by atoms with Gasteiger partial charge in [-0.2, -0.15) is 14.5 Å². The van der Waals surface area contributed by atoms with E-state index in [9.17, 15) is 4.79 Å². The number of rotatable bonds is 4. The van der Waals surface area contributed by atoms with Gasteiger partial charge in [0.25, 0.3) is 5.91 Å². The van der Waals surface area contributed by atoms with Crippen molar-refractivity contribution in [3.8, 4) is 0 Å². The van der Waals surface area contributed by atoms with Crippen molar-refractivity contribution in [2.24, 2.45) is 7.05 Å². The topological polar surface area (TPSA) is 72.7 Å². The third kappa shape index (κ3) is 2.64. The predicted octanol–water partition coefficient (Wildman–Crippen LogP) is 2.12. The summed E-state index contributed by atoms with van der Waals surface area (Å²) in [6.07, 6.45) is 4.24. The van der Waals surface area contributed by atoms with Crippen LogP contribution in [-0.2, 0) is 7.05 Å². The summed E-state index contributed by atoms with van der Waals surface area (Å²) in [6.45, 7) is 0. The van der Waals surface area contributed by atoms with Crippen molar-refractivity contribution >= 4 is 34.3 Å². The first kappa shape index (κ1) is 12.6. The molecule has 3 rings (SSSR count). The normalized spacial score (nSPS) is 14.6. The van der Waals surface area contributed by atoms with Crippen molar-refractivity contribution in [3.63, 3.8) is 0 Å². The molecule has 0 saturated heterocycles. The fraction of sp³-hybridized carbons (Fsp3) is 0.455. The molecule has 1 aliphatic rings. The molecule has 0 aliphatic heterocycles. The standard InChI is InChI=1S/C11H13N5OS2/c1-16-8(5-7(14-16)6-3-4-6)9(17)12-10-13-11(18-2)15-19-10/h5-6H,3-4H2,1-2H3,(H,12,13,15,17). The van der Waals surface area contributed by atoms with Gasteiger partial charge in [-0.05, 0) is 25.2 Å². The molecule has 0 atom stereocenters. The molecule has 6 nitrogen and oxygen atoms in total. The van der Waals surface area contributed by atoms with Gasteiger partial charge in [0.05, 0.1) is 5.69 Å². The molecule has 0 bridgehead atoms. The fourth-order valence-electron chi connectivity index (χ4n) is 1.79. The highest BCUT2D eigenvalue weighted by atomic mass is 32.2. The highest BCUT2D eigenvalue weighted by Gasteiger charge is 2.28. The van der Waals surface area contributed by atoms with Crippen LogP contribution in [0.3, 0.4) is 0 Å². The van der Waals surface area contributed by atoms with Crippen molar-refractivity contribution in [3.05, 3.63) is 17.5 Å². The number of thioether (sulfide) groups is 1. The molecule has 1 aliphatic carbocycles. The zero-order valence-electron chi connectivity index (χ0n) is 10.6. The van der Waals surface area contributed by atoms with Crippen molar-refractivity contribution in [1.82, 2.24) is 19.1 Å². The number of aryl methyl sites for hydroxylation is 1. The van der Waals surface area contributed by atoms with Crippen LogP contribution in [0.5, 0.6) is 0 Å². The van der Waals surface area contributed by atoms with Crippen LogP contribution in [0.4, 0.5) is 5.13 Å². The lowest BCUT2D eigenvalue weighted by Gasteiger charge is -2.00. The van der Waals surface area contributed by atoms with E-state index in [1.807, 2.05) is 12.3 Å². The maximum absolute atomic E-state index is 12.1. The first-order valence-electron chi connectivity index (χ1n) is 5.90. The van der Waals surface area contributed by atoms with E-state index in [0.717, 1.165) is 5.69 Å². The molecule has 1 amide bonds. The molecule has 0 spiro atoms. The van der Waals surface area contributed by atoms with Crippen LogP contribution in [0.2, 0.25) is 0 Å². The minimum atomic E-state index is -0.189. The Morgan fingerprint density at radius 2 is 2.37 bits per heavy atom. The van der Waals surface area contributed by atoms with E-state index in [0.29, 0.717) is 21.9 Å². The Hall–Kier alpha value is -1.41. The minimum Gasteiger partial charge on any atom is -0.295 e. The Bertz CT molecular complexity index is 616. The summed E-state index contributed by atoms with van der Waals surface area (Å²) in [6, 6.07) is 1.86. The van der Waals surface area contributed by atoms with Gasteiger partial charge in [0, 0.05) is 24.5 Å². The van der Waals surface area contributed by atoms with Crippen molar-refractivity contribution < 1.29 is 4.79 Å². The molecule has 8 heteroatoms. The van der Waals surface area contributed by atoms with Gasteiger partial charge in [-0.25, -0.2) is 0 Å². The molecule has 0 aromatic carbocycles. The van der Waals surface area contributed by atoms with Crippen LogP contribution in [0.15, 0.2) is 11.2 Å². The molecule has 2 aromatic rings. The molecule has 2 aromatic heterocycles. The molecule has 100 valence electrons. The van der Waals surface area contributed by atoms with Gasteiger partial charge >= 0.3 is 0 Å². The molecular formula is C11H13N5OS2.